The summed E-state index contributed by atoms with van der Waals surface area (Å²) < 4.78 is 6.20. The minimum absolute atomic E-state index is 0.807. The van der Waals surface area contributed by atoms with Gasteiger partial charge >= 0.3 is 0 Å². The van der Waals surface area contributed by atoms with Crippen LogP contribution in [0.3, 0.4) is 0 Å². The summed E-state index contributed by atoms with van der Waals surface area (Å²) in [6.07, 6.45) is 13.0. The van der Waals surface area contributed by atoms with E-state index in [0.29, 0.717) is 0 Å². The van der Waals surface area contributed by atoms with E-state index >= 15 is 0 Å². The molecule has 0 amide bonds. The summed E-state index contributed by atoms with van der Waals surface area (Å²) in [6.45, 7) is 6.02. The third-order valence-corrected chi connectivity index (χ3v) is 5.62. The van der Waals surface area contributed by atoms with Gasteiger partial charge in [-0.2, -0.15) is 0 Å². The highest BCUT2D eigenvalue weighted by Crippen LogP contribution is 2.35. The highest BCUT2D eigenvalue weighted by molar-refractivity contribution is 5.75. The predicted molar refractivity (Wildman–Crippen MR) is 122 cm³/mol. The van der Waals surface area contributed by atoms with Gasteiger partial charge in [0, 0.05) is 5.56 Å². The molecule has 2 aromatic carbocycles. The van der Waals surface area contributed by atoms with Gasteiger partial charge in [-0.15, -0.1) is 0 Å². The van der Waals surface area contributed by atoms with E-state index in [-0.39, 0.29) is 0 Å². The van der Waals surface area contributed by atoms with E-state index < -0.39 is 0 Å². The molecule has 0 aliphatic rings. The van der Waals surface area contributed by atoms with Crippen molar-refractivity contribution >= 4 is 0 Å². The third-order valence-electron chi connectivity index (χ3n) is 5.62. The first-order valence-corrected chi connectivity index (χ1v) is 11.2. The second kappa shape index (κ2) is 13.4. The molecule has 28 heavy (non-hydrogen) atoms. The van der Waals surface area contributed by atoms with E-state index in [4.69, 9.17) is 10.5 Å². The molecule has 0 aromatic heterocycles. The smallest absolute Gasteiger partial charge is 0.127 e. The Morgan fingerprint density at radius 3 is 1.86 bits per heavy atom. The highest BCUT2D eigenvalue weighted by Gasteiger charge is 2.11. The number of ether oxygens (including phenoxy) is 1. The summed E-state index contributed by atoms with van der Waals surface area (Å²) in [6, 6.07) is 14.9. The van der Waals surface area contributed by atoms with Crippen molar-refractivity contribution < 1.29 is 4.74 Å². The van der Waals surface area contributed by atoms with Crippen LogP contribution in [0.1, 0.15) is 75.3 Å². The van der Waals surface area contributed by atoms with Crippen LogP contribution in [0.5, 0.6) is 5.75 Å². The lowest BCUT2D eigenvalue weighted by Crippen LogP contribution is -2.01. The average molecular weight is 382 g/mol. The van der Waals surface area contributed by atoms with Gasteiger partial charge in [-0.05, 0) is 56.0 Å². The van der Waals surface area contributed by atoms with Crippen molar-refractivity contribution in [1.29, 1.82) is 0 Å². The molecule has 2 N–H and O–H groups in total. The van der Waals surface area contributed by atoms with Crippen LogP contribution >= 0.6 is 0 Å². The van der Waals surface area contributed by atoms with E-state index in [1.54, 1.807) is 0 Å². The Labute approximate surface area is 172 Å². The lowest BCUT2D eigenvalue weighted by molar-refractivity contribution is 0.305. The first-order chi connectivity index (χ1) is 13.7. The fourth-order valence-corrected chi connectivity index (χ4v) is 3.72. The largest absolute Gasteiger partial charge is 0.493 e. The summed E-state index contributed by atoms with van der Waals surface area (Å²) >= 11 is 0. The Balaban J connectivity index is 1.68. The minimum atomic E-state index is 0.807. The zero-order chi connectivity index (χ0) is 20.0. The molecule has 0 unspecified atom stereocenters. The molecule has 2 rings (SSSR count). The second-order valence-electron chi connectivity index (χ2n) is 7.92. The number of rotatable bonds is 14. The maximum Gasteiger partial charge on any atom is 0.127 e. The van der Waals surface area contributed by atoms with Crippen molar-refractivity contribution in [2.24, 2.45) is 5.73 Å². The molecule has 154 valence electrons. The van der Waals surface area contributed by atoms with Gasteiger partial charge in [0.1, 0.15) is 5.75 Å². The minimum Gasteiger partial charge on any atom is -0.493 e. The molecular formula is C26H39NO. The molecule has 0 saturated carbocycles. The molecule has 0 fully saturated rings. The Hall–Kier alpha value is -1.80. The lowest BCUT2D eigenvalue weighted by Gasteiger charge is -2.16. The average Bonchev–Trinajstić information content (AvgIpc) is 2.72. The third kappa shape index (κ3) is 7.67. The topological polar surface area (TPSA) is 35.2 Å². The molecule has 2 nitrogen and oxygen atoms in total. The van der Waals surface area contributed by atoms with Crippen molar-refractivity contribution in [3.8, 4) is 16.9 Å². The van der Waals surface area contributed by atoms with Crippen LogP contribution < -0.4 is 10.5 Å². The fraction of sp³-hybridized carbons (Fsp3) is 0.538. The van der Waals surface area contributed by atoms with Crippen LogP contribution in [0.15, 0.2) is 42.5 Å². The number of benzene rings is 2. The maximum absolute atomic E-state index is 6.20. The molecule has 0 atom stereocenters. The summed E-state index contributed by atoms with van der Waals surface area (Å²) in [4.78, 5) is 0. The van der Waals surface area contributed by atoms with E-state index in [1.807, 2.05) is 0 Å². The SMILES string of the molecule is Cc1ccc(OCCCCCCCCCCCCN)c(-c2ccccc2)c1C. The number of nitrogens with two attached hydrogens (primary N) is 1. The zero-order valence-electron chi connectivity index (χ0n) is 18.0. The summed E-state index contributed by atoms with van der Waals surface area (Å²) in [7, 11) is 0. The Morgan fingerprint density at radius 1 is 0.679 bits per heavy atom. The zero-order valence-corrected chi connectivity index (χ0v) is 18.0. The molecule has 0 aliphatic carbocycles. The van der Waals surface area contributed by atoms with E-state index in [0.717, 1.165) is 25.3 Å². The summed E-state index contributed by atoms with van der Waals surface area (Å²) in [5, 5.41) is 0. The lowest BCUT2D eigenvalue weighted by atomic mass is 9.96. The molecular weight excluding hydrogens is 342 g/mol. The van der Waals surface area contributed by atoms with Gasteiger partial charge in [0.05, 0.1) is 6.61 Å². The monoisotopic (exact) mass is 381 g/mol. The molecule has 0 heterocycles. The predicted octanol–water partition coefficient (Wildman–Crippen LogP) is 7.21. The van der Waals surface area contributed by atoms with Gasteiger partial charge in [0.2, 0.25) is 0 Å². The van der Waals surface area contributed by atoms with Crippen LogP contribution in [-0.2, 0) is 0 Å². The van der Waals surface area contributed by atoms with Gasteiger partial charge in [0.15, 0.2) is 0 Å². The normalized spacial score (nSPS) is 11.0. The van der Waals surface area contributed by atoms with Crippen LogP contribution in [0.25, 0.3) is 11.1 Å². The van der Waals surface area contributed by atoms with Crippen molar-refractivity contribution in [3.05, 3.63) is 53.6 Å². The molecule has 0 saturated heterocycles. The molecule has 2 aromatic rings. The van der Waals surface area contributed by atoms with Crippen LogP contribution in [0, 0.1) is 13.8 Å². The van der Waals surface area contributed by atoms with Gasteiger partial charge in [-0.3, -0.25) is 0 Å². The van der Waals surface area contributed by atoms with Crippen molar-refractivity contribution in [3.63, 3.8) is 0 Å². The van der Waals surface area contributed by atoms with E-state index in [2.05, 4.69) is 56.3 Å². The van der Waals surface area contributed by atoms with Gasteiger partial charge in [-0.25, -0.2) is 0 Å². The summed E-state index contributed by atoms with van der Waals surface area (Å²) in [5.41, 5.74) is 10.6. The molecule has 2 heteroatoms. The van der Waals surface area contributed by atoms with E-state index in [1.165, 1.54) is 80.0 Å². The van der Waals surface area contributed by atoms with Crippen LogP contribution in [0.4, 0.5) is 0 Å². The molecule has 0 bridgehead atoms. The fourth-order valence-electron chi connectivity index (χ4n) is 3.72. The molecule has 0 spiro atoms. The Morgan fingerprint density at radius 2 is 1.25 bits per heavy atom. The van der Waals surface area contributed by atoms with Crippen molar-refractivity contribution in [2.75, 3.05) is 13.2 Å². The van der Waals surface area contributed by atoms with Gasteiger partial charge in [-0.1, -0.05) is 87.8 Å². The second-order valence-corrected chi connectivity index (χ2v) is 7.92. The number of aryl methyl sites for hydroxylation is 1. The highest BCUT2D eigenvalue weighted by atomic mass is 16.5. The number of hydrogen-bond donors (Lipinski definition) is 1. The standard InChI is InChI=1S/C26H39NO/c1-22-18-19-25(26(23(22)2)24-16-12-11-13-17-24)28-21-15-10-8-6-4-3-5-7-9-14-20-27/h11-13,16-19H,3-10,14-15,20-21,27H2,1-2H3. The first kappa shape index (κ1) is 22.5. The Bertz CT molecular complexity index is 666. The first-order valence-electron chi connectivity index (χ1n) is 11.2. The molecule has 0 aliphatic heterocycles. The van der Waals surface area contributed by atoms with Crippen LogP contribution in [-0.4, -0.2) is 13.2 Å². The van der Waals surface area contributed by atoms with Crippen LogP contribution in [0.2, 0.25) is 0 Å². The number of unbranched alkanes of at least 4 members (excludes halogenated alkanes) is 9. The van der Waals surface area contributed by atoms with E-state index in [9.17, 15) is 0 Å². The number of hydrogen-bond acceptors (Lipinski definition) is 2. The van der Waals surface area contributed by atoms with Crippen molar-refractivity contribution in [2.45, 2.75) is 78.1 Å². The van der Waals surface area contributed by atoms with Gasteiger partial charge in [0.25, 0.3) is 0 Å². The van der Waals surface area contributed by atoms with Gasteiger partial charge < -0.3 is 10.5 Å². The Kier molecular flexibility index (Phi) is 10.8. The molecule has 0 radical (unpaired) electrons. The quantitative estimate of drug-likeness (QED) is 0.351. The van der Waals surface area contributed by atoms with Crippen molar-refractivity contribution in [1.82, 2.24) is 0 Å². The maximum atomic E-state index is 6.20. The summed E-state index contributed by atoms with van der Waals surface area (Å²) in [5.74, 6) is 1.02.